The van der Waals surface area contributed by atoms with Crippen molar-refractivity contribution in [3.05, 3.63) is 82.9 Å². The van der Waals surface area contributed by atoms with Gasteiger partial charge in [-0.3, -0.25) is 4.57 Å². The summed E-state index contributed by atoms with van der Waals surface area (Å²) >= 11 is 0. The van der Waals surface area contributed by atoms with E-state index in [-0.39, 0.29) is 0 Å². The Morgan fingerprint density at radius 1 is 0.818 bits per heavy atom. The van der Waals surface area contributed by atoms with E-state index in [1.54, 1.807) is 0 Å². The molecule has 2 nitrogen and oxygen atoms in total. The summed E-state index contributed by atoms with van der Waals surface area (Å²) in [5, 5.41) is 0. The van der Waals surface area contributed by atoms with Gasteiger partial charge in [-0.1, -0.05) is 54.1 Å². The molecule has 3 rings (SSSR count). The van der Waals surface area contributed by atoms with Crippen LogP contribution in [0, 0.1) is 20.8 Å². The highest BCUT2D eigenvalue weighted by atomic mass is 15.1. The van der Waals surface area contributed by atoms with Gasteiger partial charge in [0.1, 0.15) is 5.82 Å². The van der Waals surface area contributed by atoms with E-state index in [1.165, 1.54) is 16.8 Å². The van der Waals surface area contributed by atoms with Crippen LogP contribution in [0.5, 0.6) is 0 Å². The fourth-order valence-electron chi connectivity index (χ4n) is 2.50. The number of aryl methyl sites for hydroxylation is 2. The van der Waals surface area contributed by atoms with Crippen LogP contribution >= 0.6 is 0 Å². The molecule has 0 bridgehead atoms. The SMILES string of the molecule is Cc1ccc(-n2c(C=Cc3ccccc3)nc(C)c2C)cc1. The van der Waals surface area contributed by atoms with Crippen LogP contribution in [-0.4, -0.2) is 9.55 Å². The Balaban J connectivity index is 2.03. The van der Waals surface area contributed by atoms with Crippen molar-refractivity contribution in [1.29, 1.82) is 0 Å². The lowest BCUT2D eigenvalue weighted by Crippen LogP contribution is -1.99. The minimum atomic E-state index is 0.961. The number of imidazole rings is 1. The first-order valence-electron chi connectivity index (χ1n) is 7.51. The Hall–Kier alpha value is -2.61. The van der Waals surface area contributed by atoms with Gasteiger partial charge in [0, 0.05) is 11.4 Å². The van der Waals surface area contributed by atoms with Crippen molar-refractivity contribution in [2.75, 3.05) is 0 Å². The molecular formula is C20H20N2. The van der Waals surface area contributed by atoms with Crippen LogP contribution in [0.15, 0.2) is 54.6 Å². The fourth-order valence-corrected chi connectivity index (χ4v) is 2.50. The highest BCUT2D eigenvalue weighted by Crippen LogP contribution is 2.20. The Morgan fingerprint density at radius 3 is 2.18 bits per heavy atom. The van der Waals surface area contributed by atoms with Gasteiger partial charge in [0.15, 0.2) is 0 Å². The lowest BCUT2D eigenvalue weighted by Gasteiger charge is -2.08. The van der Waals surface area contributed by atoms with Crippen molar-refractivity contribution in [3.8, 4) is 5.69 Å². The molecule has 2 aromatic carbocycles. The van der Waals surface area contributed by atoms with Gasteiger partial charge in [-0.25, -0.2) is 4.98 Å². The van der Waals surface area contributed by atoms with E-state index in [0.29, 0.717) is 0 Å². The molecule has 0 amide bonds. The molecule has 22 heavy (non-hydrogen) atoms. The van der Waals surface area contributed by atoms with Gasteiger partial charge < -0.3 is 0 Å². The van der Waals surface area contributed by atoms with Gasteiger partial charge in [-0.15, -0.1) is 0 Å². The largest absolute Gasteiger partial charge is 0.297 e. The third kappa shape index (κ3) is 2.86. The van der Waals surface area contributed by atoms with Crippen LogP contribution in [0.4, 0.5) is 0 Å². The van der Waals surface area contributed by atoms with Crippen LogP contribution < -0.4 is 0 Å². The van der Waals surface area contributed by atoms with Crippen molar-refractivity contribution in [3.63, 3.8) is 0 Å². The van der Waals surface area contributed by atoms with Crippen LogP contribution in [0.2, 0.25) is 0 Å². The third-order valence-electron chi connectivity index (χ3n) is 3.89. The topological polar surface area (TPSA) is 17.8 Å². The molecule has 0 saturated heterocycles. The molecule has 0 N–H and O–H groups in total. The Labute approximate surface area is 131 Å². The lowest BCUT2D eigenvalue weighted by molar-refractivity contribution is 0.984. The van der Waals surface area contributed by atoms with Gasteiger partial charge in [0.25, 0.3) is 0 Å². The zero-order valence-corrected chi connectivity index (χ0v) is 13.2. The van der Waals surface area contributed by atoms with E-state index < -0.39 is 0 Å². The molecule has 0 radical (unpaired) electrons. The number of hydrogen-bond acceptors (Lipinski definition) is 1. The number of hydrogen-bond donors (Lipinski definition) is 0. The number of nitrogens with zero attached hydrogens (tertiary/aromatic N) is 2. The van der Waals surface area contributed by atoms with Crippen LogP contribution in [0.3, 0.4) is 0 Å². The molecule has 2 heteroatoms. The summed E-state index contributed by atoms with van der Waals surface area (Å²) < 4.78 is 2.20. The van der Waals surface area contributed by atoms with Crippen molar-refractivity contribution in [2.45, 2.75) is 20.8 Å². The summed E-state index contributed by atoms with van der Waals surface area (Å²) in [6, 6.07) is 18.9. The molecule has 3 aromatic rings. The predicted molar refractivity (Wildman–Crippen MR) is 93.1 cm³/mol. The molecule has 1 heterocycles. The van der Waals surface area contributed by atoms with E-state index in [9.17, 15) is 0 Å². The van der Waals surface area contributed by atoms with Crippen molar-refractivity contribution >= 4 is 12.2 Å². The lowest BCUT2D eigenvalue weighted by atomic mass is 10.2. The van der Waals surface area contributed by atoms with Gasteiger partial charge in [0.2, 0.25) is 0 Å². The van der Waals surface area contributed by atoms with E-state index in [1.807, 2.05) is 18.2 Å². The third-order valence-corrected chi connectivity index (χ3v) is 3.89. The second-order valence-electron chi connectivity index (χ2n) is 5.56. The second-order valence-corrected chi connectivity index (χ2v) is 5.56. The maximum atomic E-state index is 4.70. The Bertz CT molecular complexity index is 794. The second kappa shape index (κ2) is 6.02. The minimum Gasteiger partial charge on any atom is -0.297 e. The minimum absolute atomic E-state index is 0.961. The standard InChI is InChI=1S/C20H20N2/c1-15-9-12-19(13-10-15)22-17(3)16(2)21-20(22)14-11-18-7-5-4-6-8-18/h4-14H,1-3H3. The predicted octanol–water partition coefficient (Wildman–Crippen LogP) is 4.97. The molecule has 0 aliphatic heterocycles. The maximum absolute atomic E-state index is 4.70. The quantitative estimate of drug-likeness (QED) is 0.665. The maximum Gasteiger partial charge on any atom is 0.137 e. The molecule has 0 aliphatic rings. The van der Waals surface area contributed by atoms with E-state index in [0.717, 1.165) is 17.2 Å². The monoisotopic (exact) mass is 288 g/mol. The molecule has 110 valence electrons. The summed E-state index contributed by atoms with van der Waals surface area (Å²) in [4.78, 5) is 4.70. The molecular weight excluding hydrogens is 268 g/mol. The summed E-state index contributed by atoms with van der Waals surface area (Å²) in [6.45, 7) is 6.27. The summed E-state index contributed by atoms with van der Waals surface area (Å²) in [7, 11) is 0. The van der Waals surface area contributed by atoms with E-state index >= 15 is 0 Å². The highest BCUT2D eigenvalue weighted by Gasteiger charge is 2.10. The van der Waals surface area contributed by atoms with Crippen LogP contribution in [0.1, 0.15) is 28.3 Å². The van der Waals surface area contributed by atoms with Crippen molar-refractivity contribution in [1.82, 2.24) is 9.55 Å². The smallest absolute Gasteiger partial charge is 0.137 e. The highest BCUT2D eigenvalue weighted by molar-refractivity contribution is 5.68. The number of benzene rings is 2. The van der Waals surface area contributed by atoms with Crippen molar-refractivity contribution in [2.24, 2.45) is 0 Å². The van der Waals surface area contributed by atoms with E-state index in [2.05, 4.69) is 73.9 Å². The molecule has 0 atom stereocenters. The zero-order chi connectivity index (χ0) is 15.5. The average Bonchev–Trinajstić information content (AvgIpc) is 2.82. The van der Waals surface area contributed by atoms with Crippen LogP contribution in [0.25, 0.3) is 17.8 Å². The molecule has 1 aromatic heterocycles. The molecule has 0 saturated carbocycles. The number of rotatable bonds is 3. The summed E-state index contributed by atoms with van der Waals surface area (Å²) in [5.41, 5.74) is 5.83. The van der Waals surface area contributed by atoms with Gasteiger partial charge in [0.05, 0.1) is 5.69 Å². The Morgan fingerprint density at radius 2 is 1.50 bits per heavy atom. The average molecular weight is 288 g/mol. The van der Waals surface area contributed by atoms with Gasteiger partial charge >= 0.3 is 0 Å². The normalized spacial score (nSPS) is 11.2. The molecule has 0 unspecified atom stereocenters. The van der Waals surface area contributed by atoms with Crippen LogP contribution in [-0.2, 0) is 0 Å². The van der Waals surface area contributed by atoms with Crippen molar-refractivity contribution < 1.29 is 0 Å². The Kier molecular flexibility index (Phi) is 3.92. The summed E-state index contributed by atoms with van der Waals surface area (Å²) in [6.07, 6.45) is 4.18. The molecule has 0 fully saturated rings. The first kappa shape index (κ1) is 14.3. The molecule has 0 spiro atoms. The first-order chi connectivity index (χ1) is 10.6. The van der Waals surface area contributed by atoms with Gasteiger partial charge in [-0.2, -0.15) is 0 Å². The van der Waals surface area contributed by atoms with E-state index in [4.69, 9.17) is 4.98 Å². The number of aromatic nitrogens is 2. The fraction of sp³-hybridized carbons (Fsp3) is 0.150. The summed E-state index contributed by atoms with van der Waals surface area (Å²) in [5.74, 6) is 0.961. The molecule has 0 aliphatic carbocycles. The zero-order valence-electron chi connectivity index (χ0n) is 13.2. The van der Waals surface area contributed by atoms with Gasteiger partial charge in [-0.05, 0) is 44.5 Å². The first-order valence-corrected chi connectivity index (χ1v) is 7.51.